The molecule has 0 fully saturated rings. The van der Waals surface area contributed by atoms with Crippen LogP contribution < -0.4 is 36.9 Å². The minimum Gasteiger partial charge on any atom is -0.605 e. The molecule has 8 rings (SSSR count). The molecule has 0 saturated carbocycles. The summed E-state index contributed by atoms with van der Waals surface area (Å²) in [6.07, 6.45) is 0. The first-order chi connectivity index (χ1) is 27.9. The van der Waals surface area contributed by atoms with Crippen LogP contribution >= 0.6 is 15.2 Å². The maximum Gasteiger partial charge on any atom is 0.139 e. The second-order valence-electron chi connectivity index (χ2n) is 16.4. The van der Waals surface area contributed by atoms with Crippen LogP contribution in [0, 0.1) is 27.7 Å². The minimum atomic E-state index is -2.92. The SMILES string of the molecule is Cc1ccc(P(c2ccc(C)cc2)c2ccc3ccccc3c2-c2c([P+](/C=C(\[O-])OC(C)(C)C)(c3ccc(C)cc3)c3ccc(C)cc3)ccc3ccccc23)cc1. The fraction of sp³-hybridized carbons (Fsp3) is 0.148. The molecule has 0 N–H and O–H groups in total. The average molecular weight is 793 g/mol. The van der Waals surface area contributed by atoms with Crippen molar-refractivity contribution < 1.29 is 9.84 Å². The van der Waals surface area contributed by atoms with Crippen LogP contribution in [0.4, 0.5) is 0 Å². The van der Waals surface area contributed by atoms with Gasteiger partial charge in [-0.1, -0.05) is 183 Å². The molecule has 0 saturated heterocycles. The zero-order valence-electron chi connectivity index (χ0n) is 34.5. The summed E-state index contributed by atoms with van der Waals surface area (Å²) in [6, 6.07) is 62.7. The van der Waals surface area contributed by atoms with Gasteiger partial charge < -0.3 is 9.84 Å². The number of benzene rings is 8. The summed E-state index contributed by atoms with van der Waals surface area (Å²) in [4.78, 5) is 0. The molecule has 0 unspecified atom stereocenters. The Labute approximate surface area is 346 Å². The molecular formula is C54H50O2P2. The predicted molar refractivity (Wildman–Crippen MR) is 252 cm³/mol. The van der Waals surface area contributed by atoms with E-state index in [2.05, 4.69) is 198 Å². The van der Waals surface area contributed by atoms with Gasteiger partial charge in [-0.2, -0.15) is 0 Å². The van der Waals surface area contributed by atoms with E-state index >= 15 is 0 Å². The highest BCUT2D eigenvalue weighted by atomic mass is 31.2. The molecule has 0 bridgehead atoms. The molecule has 0 radical (unpaired) electrons. The minimum absolute atomic E-state index is 0.319. The molecule has 0 spiro atoms. The van der Waals surface area contributed by atoms with E-state index in [0.29, 0.717) is 0 Å². The Hall–Kier alpha value is -5.52. The molecule has 0 aliphatic carbocycles. The Morgan fingerprint density at radius 2 is 0.914 bits per heavy atom. The first-order valence-corrected chi connectivity index (χ1v) is 23.2. The number of rotatable bonds is 9. The highest BCUT2D eigenvalue weighted by Crippen LogP contribution is 2.60. The molecule has 58 heavy (non-hydrogen) atoms. The molecule has 8 aromatic rings. The van der Waals surface area contributed by atoms with Crippen molar-refractivity contribution in [3.8, 4) is 11.1 Å². The monoisotopic (exact) mass is 792 g/mol. The van der Waals surface area contributed by atoms with Gasteiger partial charge in [0.2, 0.25) is 0 Å². The predicted octanol–water partition coefficient (Wildman–Crippen LogP) is 10.9. The molecule has 0 aromatic heterocycles. The summed E-state index contributed by atoms with van der Waals surface area (Å²) in [5, 5.41) is 26.5. The van der Waals surface area contributed by atoms with Crippen LogP contribution in [-0.4, -0.2) is 5.60 Å². The van der Waals surface area contributed by atoms with E-state index in [1.54, 1.807) is 0 Å². The number of hydrogen-bond acceptors (Lipinski definition) is 2. The van der Waals surface area contributed by atoms with Crippen molar-refractivity contribution in [1.82, 2.24) is 0 Å². The molecule has 2 nitrogen and oxygen atoms in total. The van der Waals surface area contributed by atoms with E-state index in [4.69, 9.17) is 4.74 Å². The molecule has 0 aliphatic rings. The Kier molecular flexibility index (Phi) is 10.9. The Bertz CT molecular complexity index is 2670. The quantitative estimate of drug-likeness (QED) is 0.108. The fourth-order valence-electron chi connectivity index (χ4n) is 8.03. The van der Waals surface area contributed by atoms with E-state index in [0.717, 1.165) is 32.2 Å². The van der Waals surface area contributed by atoms with Crippen molar-refractivity contribution >= 4 is 68.6 Å². The number of ether oxygens (including phenoxy) is 1. The van der Waals surface area contributed by atoms with E-state index < -0.39 is 20.8 Å². The topological polar surface area (TPSA) is 32.3 Å². The van der Waals surface area contributed by atoms with Gasteiger partial charge in [0.25, 0.3) is 0 Å². The maximum atomic E-state index is 14.6. The standard InChI is InChI=1S/C54H50O2P2/c1-37-16-26-43(27-17-37)57(44-28-18-38(2)19-29-44)49-34-24-41-12-8-10-14-47(41)52(49)53-48-15-11-9-13-42(48)25-35-50(53)58(36-51(55)56-54(5,6)7,45-30-20-39(3)21-31-45)46-32-22-40(4)23-33-46/h8-36H,1-7H3/b51-36+. The van der Waals surface area contributed by atoms with Crippen LogP contribution in [0.3, 0.4) is 0 Å². The van der Waals surface area contributed by atoms with Crippen LogP contribution in [0.25, 0.3) is 32.7 Å². The third-order valence-corrected chi connectivity index (χ3v) is 17.3. The van der Waals surface area contributed by atoms with Crippen LogP contribution in [-0.2, 0) is 4.74 Å². The van der Waals surface area contributed by atoms with Crippen molar-refractivity contribution in [3.63, 3.8) is 0 Å². The summed E-state index contributed by atoms with van der Waals surface area (Å²) >= 11 is 0. The van der Waals surface area contributed by atoms with E-state index in [1.807, 2.05) is 26.6 Å². The van der Waals surface area contributed by atoms with E-state index in [9.17, 15) is 5.11 Å². The molecule has 0 atom stereocenters. The van der Waals surface area contributed by atoms with Crippen LogP contribution in [0.15, 0.2) is 182 Å². The number of aryl methyl sites for hydroxylation is 4. The van der Waals surface area contributed by atoms with Crippen molar-refractivity contribution in [1.29, 1.82) is 0 Å². The summed E-state index contributed by atoms with van der Waals surface area (Å²) in [5.74, 6) is 1.63. The normalized spacial score (nSPS) is 12.4. The second-order valence-corrected chi connectivity index (χ2v) is 21.8. The molecule has 4 heteroatoms. The Balaban J connectivity index is 1.59. The van der Waals surface area contributed by atoms with Crippen LogP contribution in [0.2, 0.25) is 0 Å². The second kappa shape index (κ2) is 16.0. The zero-order valence-corrected chi connectivity index (χ0v) is 36.2. The lowest BCUT2D eigenvalue weighted by Gasteiger charge is -2.34. The fourth-order valence-corrected chi connectivity index (χ4v) is 14.3. The Morgan fingerprint density at radius 1 is 0.500 bits per heavy atom. The largest absolute Gasteiger partial charge is 0.605 e. The Morgan fingerprint density at radius 3 is 1.38 bits per heavy atom. The molecule has 8 aromatic carbocycles. The first kappa shape index (κ1) is 39.3. The zero-order chi connectivity index (χ0) is 40.6. The lowest BCUT2D eigenvalue weighted by atomic mass is 9.93. The van der Waals surface area contributed by atoms with E-state index in [1.165, 1.54) is 54.5 Å². The highest BCUT2D eigenvalue weighted by molar-refractivity contribution is 7.98. The smallest absolute Gasteiger partial charge is 0.139 e. The van der Waals surface area contributed by atoms with Crippen LogP contribution in [0.1, 0.15) is 43.0 Å². The number of fused-ring (bicyclic) bond motifs is 2. The van der Waals surface area contributed by atoms with Gasteiger partial charge in [-0.05, 0) is 103 Å². The summed E-state index contributed by atoms with van der Waals surface area (Å²) in [7, 11) is -3.95. The lowest BCUT2D eigenvalue weighted by Crippen LogP contribution is -2.34. The molecule has 288 valence electrons. The van der Waals surface area contributed by atoms with Gasteiger partial charge in [0.15, 0.2) is 0 Å². The van der Waals surface area contributed by atoms with E-state index in [-0.39, 0.29) is 5.95 Å². The van der Waals surface area contributed by atoms with Gasteiger partial charge in [0, 0.05) is 16.7 Å². The van der Waals surface area contributed by atoms with Gasteiger partial charge in [-0.15, -0.1) is 0 Å². The molecule has 0 heterocycles. The van der Waals surface area contributed by atoms with Gasteiger partial charge in [-0.3, -0.25) is 0 Å². The molecular weight excluding hydrogens is 743 g/mol. The third kappa shape index (κ3) is 7.73. The highest BCUT2D eigenvalue weighted by Gasteiger charge is 2.47. The van der Waals surface area contributed by atoms with Gasteiger partial charge in [0.05, 0.1) is 11.8 Å². The van der Waals surface area contributed by atoms with Gasteiger partial charge >= 0.3 is 0 Å². The van der Waals surface area contributed by atoms with Crippen LogP contribution in [0.5, 0.6) is 0 Å². The molecule has 0 amide bonds. The lowest BCUT2D eigenvalue weighted by molar-refractivity contribution is -0.368. The maximum absolute atomic E-state index is 14.6. The van der Waals surface area contributed by atoms with Gasteiger partial charge in [0.1, 0.15) is 23.2 Å². The van der Waals surface area contributed by atoms with Gasteiger partial charge in [-0.25, -0.2) is 0 Å². The van der Waals surface area contributed by atoms with Crippen molar-refractivity contribution in [3.05, 3.63) is 204 Å². The van der Waals surface area contributed by atoms with Crippen molar-refractivity contribution in [2.45, 2.75) is 54.1 Å². The summed E-state index contributed by atoms with van der Waals surface area (Å²) < 4.78 is 6.24. The first-order valence-electron chi connectivity index (χ1n) is 20.0. The third-order valence-electron chi connectivity index (χ3n) is 10.9. The molecule has 0 aliphatic heterocycles. The summed E-state index contributed by atoms with van der Waals surface area (Å²) in [5.41, 5.74) is 6.50. The van der Waals surface area contributed by atoms with Crippen molar-refractivity contribution in [2.24, 2.45) is 0 Å². The number of hydrogen-bond donors (Lipinski definition) is 0. The average Bonchev–Trinajstić information content (AvgIpc) is 3.21. The summed E-state index contributed by atoms with van der Waals surface area (Å²) in [6.45, 7) is 14.4. The van der Waals surface area contributed by atoms with Crippen molar-refractivity contribution in [2.75, 3.05) is 0 Å².